The molecule has 1 aromatic rings. The molecule has 0 bridgehead atoms. The largest absolute Gasteiger partial charge is 0.399 e. The van der Waals surface area contributed by atoms with Crippen LogP contribution in [0.15, 0.2) is 17.0 Å². The molecule has 8 heteroatoms. The number of ether oxygens (including phenoxy) is 1. The van der Waals surface area contributed by atoms with Crippen LogP contribution in [0.1, 0.15) is 12.8 Å². The molecule has 1 aliphatic heterocycles. The average Bonchev–Trinajstić information content (AvgIpc) is 2.37. The van der Waals surface area contributed by atoms with E-state index in [9.17, 15) is 8.42 Å². The van der Waals surface area contributed by atoms with Gasteiger partial charge >= 0.3 is 0 Å². The zero-order valence-corrected chi connectivity index (χ0v) is 14.0. The molecular weight excluding hydrogens is 335 g/mol. The minimum Gasteiger partial charge on any atom is -0.399 e. The first-order chi connectivity index (χ1) is 9.86. The Balaban J connectivity index is 2.34. The van der Waals surface area contributed by atoms with Gasteiger partial charge < -0.3 is 10.5 Å². The number of anilines is 1. The number of nitrogens with zero attached hydrogens (tertiary/aromatic N) is 1. The lowest BCUT2D eigenvalue weighted by molar-refractivity contribution is 0.118. The number of nitrogens with two attached hydrogens (primary N) is 1. The summed E-state index contributed by atoms with van der Waals surface area (Å²) in [5, 5.41) is 0.0997. The van der Waals surface area contributed by atoms with Gasteiger partial charge in [0.1, 0.15) is 4.90 Å². The highest BCUT2D eigenvalue weighted by molar-refractivity contribution is 7.89. The molecule has 2 N–H and O–H groups in total. The first-order valence-corrected chi connectivity index (χ1v) is 8.79. The van der Waals surface area contributed by atoms with Gasteiger partial charge in [0.05, 0.1) is 16.7 Å². The van der Waals surface area contributed by atoms with Crippen molar-refractivity contribution in [2.24, 2.45) is 5.92 Å². The van der Waals surface area contributed by atoms with Crippen molar-refractivity contribution in [2.75, 3.05) is 32.5 Å². The molecule has 1 saturated heterocycles. The van der Waals surface area contributed by atoms with Crippen LogP contribution in [-0.4, -0.2) is 39.5 Å². The maximum Gasteiger partial charge on any atom is 0.246 e. The number of piperidine rings is 1. The van der Waals surface area contributed by atoms with Crippen LogP contribution in [0.2, 0.25) is 10.0 Å². The minimum absolute atomic E-state index is 0.0499. The smallest absolute Gasteiger partial charge is 0.246 e. The molecule has 21 heavy (non-hydrogen) atoms. The van der Waals surface area contributed by atoms with Crippen LogP contribution in [0, 0.1) is 5.92 Å². The highest BCUT2D eigenvalue weighted by atomic mass is 35.5. The van der Waals surface area contributed by atoms with E-state index in [4.69, 9.17) is 33.7 Å². The SMILES string of the molecule is COCC1CCCN(S(=O)(=O)c2c(Cl)cc(N)cc2Cl)C1. The summed E-state index contributed by atoms with van der Waals surface area (Å²) in [6.45, 7) is 1.40. The van der Waals surface area contributed by atoms with E-state index in [0.717, 1.165) is 12.8 Å². The second-order valence-corrected chi connectivity index (χ2v) is 7.83. The number of nitrogen functional groups attached to an aromatic ring is 1. The maximum absolute atomic E-state index is 12.8. The van der Waals surface area contributed by atoms with Gasteiger partial charge in [0.25, 0.3) is 0 Å². The van der Waals surface area contributed by atoms with Crippen molar-refractivity contribution in [3.05, 3.63) is 22.2 Å². The molecule has 1 heterocycles. The third-order valence-corrected chi connectivity index (χ3v) is 6.29. The van der Waals surface area contributed by atoms with E-state index in [1.165, 1.54) is 16.4 Å². The lowest BCUT2D eigenvalue weighted by Crippen LogP contribution is -2.41. The van der Waals surface area contributed by atoms with Crippen LogP contribution >= 0.6 is 23.2 Å². The van der Waals surface area contributed by atoms with Crippen molar-refractivity contribution in [1.29, 1.82) is 0 Å². The Labute approximate surface area is 135 Å². The quantitative estimate of drug-likeness (QED) is 0.845. The predicted octanol–water partition coefficient (Wildman–Crippen LogP) is 2.62. The van der Waals surface area contributed by atoms with Crippen molar-refractivity contribution in [3.8, 4) is 0 Å². The van der Waals surface area contributed by atoms with Gasteiger partial charge in [-0.25, -0.2) is 8.42 Å². The van der Waals surface area contributed by atoms with Gasteiger partial charge in [0.2, 0.25) is 10.0 Å². The molecule has 1 aliphatic rings. The number of halogens is 2. The molecular formula is C13H18Cl2N2O3S. The van der Waals surface area contributed by atoms with E-state index in [1.807, 2.05) is 0 Å². The van der Waals surface area contributed by atoms with Crippen molar-refractivity contribution in [2.45, 2.75) is 17.7 Å². The van der Waals surface area contributed by atoms with Crippen LogP contribution in [-0.2, 0) is 14.8 Å². The third kappa shape index (κ3) is 3.63. The highest BCUT2D eigenvalue weighted by Crippen LogP contribution is 2.35. The minimum atomic E-state index is -3.73. The van der Waals surface area contributed by atoms with Crippen molar-refractivity contribution in [3.63, 3.8) is 0 Å². The van der Waals surface area contributed by atoms with E-state index in [1.54, 1.807) is 7.11 Å². The predicted molar refractivity (Wildman–Crippen MR) is 84.2 cm³/mol. The van der Waals surface area contributed by atoms with E-state index < -0.39 is 10.0 Å². The van der Waals surface area contributed by atoms with E-state index >= 15 is 0 Å². The normalized spacial score (nSPS) is 20.6. The fraction of sp³-hybridized carbons (Fsp3) is 0.538. The molecule has 0 aliphatic carbocycles. The summed E-state index contributed by atoms with van der Waals surface area (Å²) in [5.74, 6) is 0.185. The highest BCUT2D eigenvalue weighted by Gasteiger charge is 2.33. The Bertz CT molecular complexity index is 597. The van der Waals surface area contributed by atoms with E-state index in [-0.39, 0.29) is 20.9 Å². The summed E-state index contributed by atoms with van der Waals surface area (Å²) in [6.07, 6.45) is 1.74. The average molecular weight is 353 g/mol. The van der Waals surface area contributed by atoms with Crippen LogP contribution < -0.4 is 5.73 Å². The number of methoxy groups -OCH3 is 1. The summed E-state index contributed by atoms with van der Waals surface area (Å²) in [5.41, 5.74) is 5.95. The van der Waals surface area contributed by atoms with Gasteiger partial charge in [0.15, 0.2) is 0 Å². The molecule has 0 saturated carbocycles. The topological polar surface area (TPSA) is 72.6 Å². The molecule has 0 aromatic heterocycles. The summed E-state index contributed by atoms with van der Waals surface area (Å²) in [7, 11) is -2.12. The number of benzene rings is 1. The summed E-state index contributed by atoms with van der Waals surface area (Å²) in [4.78, 5) is -0.0712. The number of hydrogen-bond donors (Lipinski definition) is 1. The molecule has 1 fully saturated rings. The first kappa shape index (κ1) is 16.8. The third-order valence-electron chi connectivity index (χ3n) is 3.50. The van der Waals surface area contributed by atoms with Gasteiger partial charge in [-0.15, -0.1) is 0 Å². The Hall–Kier alpha value is -0.530. The summed E-state index contributed by atoms with van der Waals surface area (Å²) in [6, 6.07) is 2.80. The van der Waals surface area contributed by atoms with Gasteiger partial charge in [0, 0.05) is 25.9 Å². The second-order valence-electron chi connectivity index (χ2n) is 5.14. The van der Waals surface area contributed by atoms with Gasteiger partial charge in [-0.2, -0.15) is 4.31 Å². The fourth-order valence-corrected chi connectivity index (χ4v) is 5.31. The van der Waals surface area contributed by atoms with Crippen molar-refractivity contribution >= 4 is 38.9 Å². The lowest BCUT2D eigenvalue weighted by Gasteiger charge is -2.32. The second kappa shape index (κ2) is 6.71. The zero-order valence-electron chi connectivity index (χ0n) is 11.7. The van der Waals surface area contributed by atoms with Gasteiger partial charge in [-0.3, -0.25) is 0 Å². The number of sulfonamides is 1. The molecule has 0 amide bonds. The Morgan fingerprint density at radius 2 is 2.00 bits per heavy atom. The molecule has 5 nitrogen and oxygen atoms in total. The number of rotatable bonds is 4. The molecule has 0 spiro atoms. The van der Waals surface area contributed by atoms with Crippen molar-refractivity contribution in [1.82, 2.24) is 4.31 Å². The molecule has 1 aromatic carbocycles. The van der Waals surface area contributed by atoms with Crippen LogP contribution in [0.25, 0.3) is 0 Å². The Morgan fingerprint density at radius 3 is 2.57 bits per heavy atom. The van der Waals surface area contributed by atoms with Gasteiger partial charge in [-0.05, 0) is 30.9 Å². The fourth-order valence-electron chi connectivity index (χ4n) is 2.57. The number of hydrogen-bond acceptors (Lipinski definition) is 4. The molecule has 1 unspecified atom stereocenters. The monoisotopic (exact) mass is 352 g/mol. The summed E-state index contributed by atoms with van der Waals surface area (Å²) >= 11 is 12.1. The molecule has 118 valence electrons. The zero-order chi connectivity index (χ0) is 15.6. The van der Waals surface area contributed by atoms with Crippen LogP contribution in [0.5, 0.6) is 0 Å². The maximum atomic E-state index is 12.8. The van der Waals surface area contributed by atoms with Crippen LogP contribution in [0.3, 0.4) is 0 Å². The molecule has 0 radical (unpaired) electrons. The summed E-state index contributed by atoms with van der Waals surface area (Å²) < 4.78 is 32.1. The Kier molecular flexibility index (Phi) is 5.38. The first-order valence-electron chi connectivity index (χ1n) is 6.60. The standard InChI is InChI=1S/C13H18Cl2N2O3S/c1-20-8-9-3-2-4-17(7-9)21(18,19)13-11(14)5-10(16)6-12(13)15/h5-6,9H,2-4,7-8,16H2,1H3. The molecule has 1 atom stereocenters. The van der Waals surface area contributed by atoms with Crippen molar-refractivity contribution < 1.29 is 13.2 Å². The molecule has 2 rings (SSSR count). The lowest BCUT2D eigenvalue weighted by atomic mass is 10.0. The van der Waals surface area contributed by atoms with E-state index in [2.05, 4.69) is 0 Å². The van der Waals surface area contributed by atoms with Gasteiger partial charge in [-0.1, -0.05) is 23.2 Å². The van der Waals surface area contributed by atoms with Crippen LogP contribution in [0.4, 0.5) is 5.69 Å². The van der Waals surface area contributed by atoms with E-state index in [0.29, 0.717) is 25.4 Å². The Morgan fingerprint density at radius 1 is 1.38 bits per heavy atom.